The minimum Gasteiger partial charge on any atom is -0.366 e. The molecule has 0 aromatic carbocycles. The van der Waals surface area contributed by atoms with Gasteiger partial charge in [0.1, 0.15) is 6.61 Å². The zero-order valence-corrected chi connectivity index (χ0v) is 13.4. The van der Waals surface area contributed by atoms with E-state index in [0.717, 1.165) is 45.7 Å². The lowest BCUT2D eigenvalue weighted by Crippen LogP contribution is -2.50. The fourth-order valence-electron chi connectivity index (χ4n) is 2.25. The summed E-state index contributed by atoms with van der Waals surface area (Å²) in [5.41, 5.74) is 5.24. The standard InChI is InChI=1S/C15H31N3O2/c1-15(2,3)20-13-14(19)18-11-9-17(10-12-18)8-6-4-5-7-16/h4-13,16H2,1-3H3. The summed E-state index contributed by atoms with van der Waals surface area (Å²) in [6.45, 7) is 11.6. The van der Waals surface area contributed by atoms with Gasteiger partial charge < -0.3 is 15.4 Å². The topological polar surface area (TPSA) is 58.8 Å². The molecular weight excluding hydrogens is 254 g/mol. The fraction of sp³-hybridized carbons (Fsp3) is 0.933. The van der Waals surface area contributed by atoms with Crippen molar-refractivity contribution in [3.05, 3.63) is 0 Å². The third kappa shape index (κ3) is 7.22. The Bertz CT molecular complexity index is 281. The lowest BCUT2D eigenvalue weighted by atomic mass is 10.2. The van der Waals surface area contributed by atoms with E-state index in [2.05, 4.69) is 4.90 Å². The van der Waals surface area contributed by atoms with Gasteiger partial charge in [0.25, 0.3) is 0 Å². The summed E-state index contributed by atoms with van der Waals surface area (Å²) in [6.07, 6.45) is 3.52. The van der Waals surface area contributed by atoms with E-state index in [4.69, 9.17) is 10.5 Å². The predicted octanol–water partition coefficient (Wildman–Crippen LogP) is 1.07. The van der Waals surface area contributed by atoms with E-state index in [0.29, 0.717) is 0 Å². The molecule has 0 spiro atoms. The van der Waals surface area contributed by atoms with Crippen LogP contribution in [-0.4, -0.2) is 67.2 Å². The van der Waals surface area contributed by atoms with E-state index >= 15 is 0 Å². The van der Waals surface area contributed by atoms with Crippen molar-refractivity contribution < 1.29 is 9.53 Å². The van der Waals surface area contributed by atoms with Crippen LogP contribution in [0.25, 0.3) is 0 Å². The molecule has 1 rings (SSSR count). The number of piperazine rings is 1. The Morgan fingerprint density at radius 1 is 1.10 bits per heavy atom. The van der Waals surface area contributed by atoms with Crippen LogP contribution in [0.3, 0.4) is 0 Å². The molecule has 5 heteroatoms. The first-order valence-electron chi connectivity index (χ1n) is 7.76. The van der Waals surface area contributed by atoms with E-state index in [1.165, 1.54) is 12.8 Å². The smallest absolute Gasteiger partial charge is 0.248 e. The average molecular weight is 285 g/mol. The maximum absolute atomic E-state index is 12.0. The van der Waals surface area contributed by atoms with Crippen LogP contribution in [0.15, 0.2) is 0 Å². The molecule has 0 aliphatic carbocycles. The quantitative estimate of drug-likeness (QED) is 0.711. The summed E-state index contributed by atoms with van der Waals surface area (Å²) in [5, 5.41) is 0. The van der Waals surface area contributed by atoms with Crippen molar-refractivity contribution in [3.8, 4) is 0 Å². The number of hydrogen-bond acceptors (Lipinski definition) is 4. The normalized spacial score (nSPS) is 17.5. The van der Waals surface area contributed by atoms with Gasteiger partial charge in [-0.2, -0.15) is 0 Å². The molecule has 0 aromatic heterocycles. The molecule has 2 N–H and O–H groups in total. The molecular formula is C15H31N3O2. The van der Waals surface area contributed by atoms with Crippen LogP contribution in [0, 0.1) is 0 Å². The SMILES string of the molecule is CC(C)(C)OCC(=O)N1CCN(CCCCCN)CC1. The summed E-state index contributed by atoms with van der Waals surface area (Å²) < 4.78 is 5.55. The Morgan fingerprint density at radius 2 is 1.75 bits per heavy atom. The highest BCUT2D eigenvalue weighted by atomic mass is 16.5. The summed E-state index contributed by atoms with van der Waals surface area (Å²) >= 11 is 0. The molecule has 5 nitrogen and oxygen atoms in total. The van der Waals surface area contributed by atoms with Crippen molar-refractivity contribution in [2.24, 2.45) is 5.73 Å². The van der Waals surface area contributed by atoms with Gasteiger partial charge in [0.05, 0.1) is 5.60 Å². The minimum absolute atomic E-state index is 0.114. The fourth-order valence-corrected chi connectivity index (χ4v) is 2.25. The monoisotopic (exact) mass is 285 g/mol. The van der Waals surface area contributed by atoms with E-state index in [-0.39, 0.29) is 18.1 Å². The van der Waals surface area contributed by atoms with Gasteiger partial charge in [-0.3, -0.25) is 9.69 Å². The Morgan fingerprint density at radius 3 is 2.30 bits per heavy atom. The van der Waals surface area contributed by atoms with Gasteiger partial charge in [-0.05, 0) is 46.7 Å². The van der Waals surface area contributed by atoms with Gasteiger partial charge in [0.15, 0.2) is 0 Å². The number of nitrogens with two attached hydrogens (primary N) is 1. The predicted molar refractivity (Wildman–Crippen MR) is 81.6 cm³/mol. The molecule has 0 bridgehead atoms. The van der Waals surface area contributed by atoms with Crippen LogP contribution in [0.4, 0.5) is 0 Å². The summed E-state index contributed by atoms with van der Waals surface area (Å²) in [7, 11) is 0. The van der Waals surface area contributed by atoms with Crippen LogP contribution in [-0.2, 0) is 9.53 Å². The highest BCUT2D eigenvalue weighted by Gasteiger charge is 2.22. The molecule has 1 heterocycles. The van der Waals surface area contributed by atoms with Crippen LogP contribution in [0.2, 0.25) is 0 Å². The van der Waals surface area contributed by atoms with Crippen molar-refractivity contribution in [1.29, 1.82) is 0 Å². The highest BCUT2D eigenvalue weighted by Crippen LogP contribution is 2.09. The Labute approximate surface area is 123 Å². The van der Waals surface area contributed by atoms with E-state index in [9.17, 15) is 4.79 Å². The van der Waals surface area contributed by atoms with Crippen molar-refractivity contribution in [2.75, 3.05) is 45.9 Å². The molecule has 0 aromatic rings. The highest BCUT2D eigenvalue weighted by molar-refractivity contribution is 5.77. The molecule has 1 fully saturated rings. The molecule has 1 saturated heterocycles. The Kier molecular flexibility index (Phi) is 7.48. The number of hydrogen-bond donors (Lipinski definition) is 1. The molecule has 0 saturated carbocycles. The van der Waals surface area contributed by atoms with Gasteiger partial charge >= 0.3 is 0 Å². The third-order valence-corrected chi connectivity index (χ3v) is 3.53. The largest absolute Gasteiger partial charge is 0.366 e. The minimum atomic E-state index is -0.250. The van der Waals surface area contributed by atoms with Gasteiger partial charge in [-0.15, -0.1) is 0 Å². The van der Waals surface area contributed by atoms with E-state index in [1.54, 1.807) is 0 Å². The zero-order chi connectivity index (χ0) is 15.0. The maximum atomic E-state index is 12.0. The number of unbranched alkanes of at least 4 members (excludes halogenated alkanes) is 2. The Balaban J connectivity index is 2.16. The molecule has 0 atom stereocenters. The van der Waals surface area contributed by atoms with Crippen molar-refractivity contribution in [2.45, 2.75) is 45.6 Å². The lowest BCUT2D eigenvalue weighted by molar-refractivity contribution is -0.142. The second-order valence-electron chi connectivity index (χ2n) is 6.47. The van der Waals surface area contributed by atoms with Gasteiger partial charge in [-0.25, -0.2) is 0 Å². The first kappa shape index (κ1) is 17.4. The van der Waals surface area contributed by atoms with Crippen LogP contribution >= 0.6 is 0 Å². The first-order valence-corrected chi connectivity index (χ1v) is 7.76. The van der Waals surface area contributed by atoms with Gasteiger partial charge in [0.2, 0.25) is 5.91 Å². The number of carbonyl (C=O) groups is 1. The summed E-state index contributed by atoms with van der Waals surface area (Å²) in [6, 6.07) is 0. The number of rotatable bonds is 7. The first-order chi connectivity index (χ1) is 9.42. The summed E-state index contributed by atoms with van der Waals surface area (Å²) in [5.74, 6) is 0.114. The molecule has 1 amide bonds. The number of ether oxygens (including phenoxy) is 1. The number of carbonyl (C=O) groups excluding carboxylic acids is 1. The zero-order valence-electron chi connectivity index (χ0n) is 13.4. The number of amides is 1. The lowest BCUT2D eigenvalue weighted by Gasteiger charge is -2.35. The molecule has 118 valence electrons. The van der Waals surface area contributed by atoms with Crippen molar-refractivity contribution in [3.63, 3.8) is 0 Å². The maximum Gasteiger partial charge on any atom is 0.248 e. The van der Waals surface area contributed by atoms with Gasteiger partial charge in [0, 0.05) is 26.2 Å². The van der Waals surface area contributed by atoms with E-state index < -0.39 is 0 Å². The molecule has 1 aliphatic rings. The van der Waals surface area contributed by atoms with Crippen molar-refractivity contribution in [1.82, 2.24) is 9.80 Å². The molecule has 20 heavy (non-hydrogen) atoms. The van der Waals surface area contributed by atoms with Crippen LogP contribution in [0.1, 0.15) is 40.0 Å². The van der Waals surface area contributed by atoms with Crippen LogP contribution < -0.4 is 5.73 Å². The third-order valence-electron chi connectivity index (χ3n) is 3.53. The van der Waals surface area contributed by atoms with Crippen LogP contribution in [0.5, 0.6) is 0 Å². The second-order valence-corrected chi connectivity index (χ2v) is 6.47. The molecule has 0 radical (unpaired) electrons. The second kappa shape index (κ2) is 8.60. The van der Waals surface area contributed by atoms with Gasteiger partial charge in [-0.1, -0.05) is 6.42 Å². The summed E-state index contributed by atoms with van der Waals surface area (Å²) in [4.78, 5) is 16.4. The molecule has 0 unspecified atom stereocenters. The van der Waals surface area contributed by atoms with E-state index in [1.807, 2.05) is 25.7 Å². The Hall–Kier alpha value is -0.650. The number of nitrogens with zero attached hydrogens (tertiary/aromatic N) is 2. The average Bonchev–Trinajstić information content (AvgIpc) is 2.41. The van der Waals surface area contributed by atoms with Crippen molar-refractivity contribution >= 4 is 5.91 Å². The molecule has 1 aliphatic heterocycles.